The predicted molar refractivity (Wildman–Crippen MR) is 82.9 cm³/mol. The Hall–Kier alpha value is -1.99. The molecule has 0 radical (unpaired) electrons. The van der Waals surface area contributed by atoms with Gasteiger partial charge >= 0.3 is 0 Å². The van der Waals surface area contributed by atoms with Crippen LogP contribution in [0.5, 0.6) is 5.75 Å². The largest absolute Gasteiger partial charge is 0.491 e. The molecule has 0 bridgehead atoms. The molecule has 0 heterocycles. The van der Waals surface area contributed by atoms with Gasteiger partial charge < -0.3 is 4.74 Å². The molecule has 7 heteroatoms. The molecule has 0 aliphatic rings. The average molecular weight is 341 g/mol. The average Bonchev–Trinajstić information content (AvgIpc) is 2.51. The monoisotopic (exact) mass is 341 g/mol. The second-order valence-electron chi connectivity index (χ2n) is 4.80. The molecule has 0 atom stereocenters. The Labute approximate surface area is 134 Å². The molecular formula is C16H17F2NO3S. The highest BCUT2D eigenvalue weighted by Crippen LogP contribution is 2.21. The van der Waals surface area contributed by atoms with Gasteiger partial charge in [0.15, 0.2) is 11.6 Å². The summed E-state index contributed by atoms with van der Waals surface area (Å²) in [7, 11) is -3.81. The molecule has 0 fully saturated rings. The summed E-state index contributed by atoms with van der Waals surface area (Å²) in [5, 5.41) is 0. The van der Waals surface area contributed by atoms with Crippen molar-refractivity contribution < 1.29 is 21.9 Å². The van der Waals surface area contributed by atoms with Crippen LogP contribution in [0.1, 0.15) is 12.5 Å². The Bertz CT molecular complexity index is 761. The van der Waals surface area contributed by atoms with Crippen LogP contribution in [0, 0.1) is 11.6 Å². The maximum Gasteiger partial charge on any atom is 0.240 e. The van der Waals surface area contributed by atoms with E-state index in [9.17, 15) is 17.2 Å². The van der Waals surface area contributed by atoms with Gasteiger partial charge in [0.05, 0.1) is 11.5 Å². The van der Waals surface area contributed by atoms with E-state index < -0.39 is 15.8 Å². The Morgan fingerprint density at radius 1 is 1.09 bits per heavy atom. The Kier molecular flexibility index (Phi) is 5.68. The molecule has 0 aliphatic heterocycles. The van der Waals surface area contributed by atoms with E-state index in [0.29, 0.717) is 13.0 Å². The van der Waals surface area contributed by atoms with Gasteiger partial charge in [0.2, 0.25) is 10.0 Å². The van der Waals surface area contributed by atoms with Gasteiger partial charge in [0.1, 0.15) is 5.82 Å². The van der Waals surface area contributed by atoms with E-state index in [4.69, 9.17) is 4.74 Å². The Morgan fingerprint density at radius 2 is 1.78 bits per heavy atom. The SMILES string of the molecule is CCOc1ccc(S(=O)(=O)NCCc2ccc(F)cc2)cc1F. The second-order valence-corrected chi connectivity index (χ2v) is 6.57. The van der Waals surface area contributed by atoms with Gasteiger partial charge in [-0.15, -0.1) is 0 Å². The third-order valence-electron chi connectivity index (χ3n) is 3.13. The number of halogens is 2. The molecule has 1 N–H and O–H groups in total. The predicted octanol–water partition coefficient (Wildman–Crippen LogP) is 2.88. The summed E-state index contributed by atoms with van der Waals surface area (Å²) in [6.07, 6.45) is 0.402. The van der Waals surface area contributed by atoms with Crippen molar-refractivity contribution in [3.63, 3.8) is 0 Å². The zero-order chi connectivity index (χ0) is 16.9. The number of ether oxygens (including phenoxy) is 1. The normalized spacial score (nSPS) is 11.4. The van der Waals surface area contributed by atoms with Crippen molar-refractivity contribution in [2.45, 2.75) is 18.2 Å². The number of hydrogen-bond acceptors (Lipinski definition) is 3. The summed E-state index contributed by atoms with van der Waals surface area (Å²) in [6.45, 7) is 2.13. The molecule has 4 nitrogen and oxygen atoms in total. The second kappa shape index (κ2) is 7.52. The lowest BCUT2D eigenvalue weighted by atomic mass is 10.1. The molecule has 23 heavy (non-hydrogen) atoms. The van der Waals surface area contributed by atoms with Crippen LogP contribution in [0.2, 0.25) is 0 Å². The van der Waals surface area contributed by atoms with Crippen LogP contribution in [0.15, 0.2) is 47.4 Å². The lowest BCUT2D eigenvalue weighted by molar-refractivity contribution is 0.321. The third-order valence-corrected chi connectivity index (χ3v) is 4.59. The summed E-state index contributed by atoms with van der Waals surface area (Å²) < 4.78 is 58.2. The molecule has 0 aromatic heterocycles. The highest BCUT2D eigenvalue weighted by atomic mass is 32.2. The van der Waals surface area contributed by atoms with Crippen LogP contribution >= 0.6 is 0 Å². The molecule has 0 amide bonds. The highest BCUT2D eigenvalue weighted by Gasteiger charge is 2.16. The van der Waals surface area contributed by atoms with E-state index in [1.165, 1.54) is 24.3 Å². The number of hydrogen-bond donors (Lipinski definition) is 1. The third kappa shape index (κ3) is 4.74. The summed E-state index contributed by atoms with van der Waals surface area (Å²) in [5.74, 6) is -1.06. The number of nitrogens with one attached hydrogen (secondary N) is 1. The fourth-order valence-corrected chi connectivity index (χ4v) is 3.03. The van der Waals surface area contributed by atoms with Crippen LogP contribution in [-0.4, -0.2) is 21.6 Å². The Morgan fingerprint density at radius 3 is 2.39 bits per heavy atom. The van der Waals surface area contributed by atoms with E-state index in [-0.39, 0.29) is 23.0 Å². The molecule has 2 rings (SSSR count). The number of rotatable bonds is 7. The van der Waals surface area contributed by atoms with E-state index >= 15 is 0 Å². The van der Waals surface area contributed by atoms with E-state index in [2.05, 4.69) is 4.72 Å². The zero-order valence-corrected chi connectivity index (χ0v) is 13.4. The zero-order valence-electron chi connectivity index (χ0n) is 12.6. The standard InChI is InChI=1S/C16H17F2NO3S/c1-2-22-16-8-7-14(11-15(16)18)23(20,21)19-10-9-12-3-5-13(17)6-4-12/h3-8,11,19H,2,9-10H2,1H3. The molecule has 2 aromatic rings. The quantitative estimate of drug-likeness (QED) is 0.842. The van der Waals surface area contributed by atoms with Gasteiger partial charge in [-0.1, -0.05) is 12.1 Å². The van der Waals surface area contributed by atoms with E-state index in [1.807, 2.05) is 0 Å². The van der Waals surface area contributed by atoms with Crippen LogP contribution in [0.25, 0.3) is 0 Å². The molecule has 0 saturated carbocycles. The fraction of sp³-hybridized carbons (Fsp3) is 0.250. The molecule has 124 valence electrons. The smallest absolute Gasteiger partial charge is 0.240 e. The van der Waals surface area contributed by atoms with E-state index in [1.54, 1.807) is 19.1 Å². The Balaban J connectivity index is 2.01. The molecular weight excluding hydrogens is 324 g/mol. The van der Waals surface area contributed by atoms with Gasteiger partial charge in [0.25, 0.3) is 0 Å². The van der Waals surface area contributed by atoms with Crippen molar-refractivity contribution in [2.75, 3.05) is 13.2 Å². The minimum Gasteiger partial charge on any atom is -0.491 e. The lowest BCUT2D eigenvalue weighted by Gasteiger charge is -2.09. The van der Waals surface area contributed by atoms with Crippen LogP contribution < -0.4 is 9.46 Å². The fourth-order valence-electron chi connectivity index (χ4n) is 1.99. The number of sulfonamides is 1. The first-order chi connectivity index (χ1) is 10.9. The van der Waals surface area contributed by atoms with Crippen molar-refractivity contribution in [1.82, 2.24) is 4.72 Å². The van der Waals surface area contributed by atoms with Crippen molar-refractivity contribution in [3.8, 4) is 5.75 Å². The lowest BCUT2D eigenvalue weighted by Crippen LogP contribution is -2.26. The first-order valence-corrected chi connectivity index (χ1v) is 8.57. The first-order valence-electron chi connectivity index (χ1n) is 7.09. The molecule has 0 aliphatic carbocycles. The van der Waals surface area contributed by atoms with Crippen molar-refractivity contribution in [3.05, 3.63) is 59.7 Å². The van der Waals surface area contributed by atoms with Gasteiger partial charge in [-0.05, 0) is 49.2 Å². The minimum absolute atomic E-state index is 0.0118. The van der Waals surface area contributed by atoms with Crippen molar-refractivity contribution in [1.29, 1.82) is 0 Å². The van der Waals surface area contributed by atoms with E-state index in [0.717, 1.165) is 11.6 Å². The van der Waals surface area contributed by atoms with Gasteiger partial charge in [-0.2, -0.15) is 0 Å². The van der Waals surface area contributed by atoms with Gasteiger partial charge in [-0.25, -0.2) is 21.9 Å². The molecule has 0 spiro atoms. The summed E-state index contributed by atoms with van der Waals surface area (Å²) in [6, 6.07) is 9.28. The molecule has 2 aromatic carbocycles. The molecule has 0 unspecified atom stereocenters. The maximum absolute atomic E-state index is 13.7. The highest BCUT2D eigenvalue weighted by molar-refractivity contribution is 7.89. The van der Waals surface area contributed by atoms with Gasteiger partial charge in [-0.3, -0.25) is 0 Å². The van der Waals surface area contributed by atoms with Crippen LogP contribution in [-0.2, 0) is 16.4 Å². The topological polar surface area (TPSA) is 55.4 Å². The number of benzene rings is 2. The van der Waals surface area contributed by atoms with Crippen molar-refractivity contribution >= 4 is 10.0 Å². The van der Waals surface area contributed by atoms with Crippen molar-refractivity contribution in [2.24, 2.45) is 0 Å². The summed E-state index contributed by atoms with van der Waals surface area (Å²) in [4.78, 5) is -0.169. The van der Waals surface area contributed by atoms with Gasteiger partial charge in [0, 0.05) is 6.54 Å². The first kappa shape index (κ1) is 17.4. The minimum atomic E-state index is -3.81. The summed E-state index contributed by atoms with van der Waals surface area (Å²) >= 11 is 0. The van der Waals surface area contributed by atoms with Crippen LogP contribution in [0.3, 0.4) is 0 Å². The maximum atomic E-state index is 13.7. The molecule has 0 saturated heterocycles. The summed E-state index contributed by atoms with van der Waals surface area (Å²) in [5.41, 5.74) is 0.798. The van der Waals surface area contributed by atoms with Crippen LogP contribution in [0.4, 0.5) is 8.78 Å².